The van der Waals surface area contributed by atoms with Gasteiger partial charge in [0.2, 0.25) is 0 Å². The molecule has 1 aromatic rings. The van der Waals surface area contributed by atoms with Gasteiger partial charge in [-0.25, -0.2) is 8.42 Å². The third kappa shape index (κ3) is 3.88. The Kier molecular flexibility index (Phi) is 4.81. The van der Waals surface area contributed by atoms with Crippen LogP contribution in [0.2, 0.25) is 0 Å². The number of sulfone groups is 1. The first-order valence-electron chi connectivity index (χ1n) is 5.26. The van der Waals surface area contributed by atoms with Crippen molar-refractivity contribution in [1.82, 2.24) is 0 Å². The number of aliphatic hydroxyl groups excluding tert-OH is 2. The lowest BCUT2D eigenvalue weighted by Gasteiger charge is -2.15. The van der Waals surface area contributed by atoms with Crippen LogP contribution in [0.4, 0.5) is 11.4 Å². The average molecular weight is 290 g/mol. The van der Waals surface area contributed by atoms with Gasteiger partial charge in [0.05, 0.1) is 29.1 Å². The highest BCUT2D eigenvalue weighted by atomic mass is 32.2. The summed E-state index contributed by atoms with van der Waals surface area (Å²) in [6, 6.07) is 2.62. The zero-order chi connectivity index (χ0) is 14.6. The van der Waals surface area contributed by atoms with Gasteiger partial charge < -0.3 is 15.5 Å². The minimum Gasteiger partial charge on any atom is -0.394 e. The second-order valence-corrected chi connectivity index (χ2v) is 5.93. The molecule has 0 atom stereocenters. The Balaban J connectivity index is 3.23. The van der Waals surface area contributed by atoms with Crippen LogP contribution in [0.3, 0.4) is 0 Å². The van der Waals surface area contributed by atoms with Gasteiger partial charge in [0.25, 0.3) is 5.69 Å². The molecule has 0 aromatic heterocycles. The molecule has 0 heterocycles. The van der Waals surface area contributed by atoms with Crippen molar-refractivity contribution in [1.29, 1.82) is 0 Å². The molecule has 0 fully saturated rings. The van der Waals surface area contributed by atoms with Crippen molar-refractivity contribution in [2.45, 2.75) is 10.9 Å². The summed E-state index contributed by atoms with van der Waals surface area (Å²) in [4.78, 5) is 10.00. The quantitative estimate of drug-likeness (QED) is 0.487. The molecule has 0 amide bonds. The Bertz CT molecular complexity index is 567. The Morgan fingerprint density at radius 3 is 2.37 bits per heavy atom. The molecule has 106 valence electrons. The number of nitro benzene ring substituents is 1. The van der Waals surface area contributed by atoms with Crippen molar-refractivity contribution in [2.75, 3.05) is 24.8 Å². The molecule has 0 radical (unpaired) electrons. The topological polar surface area (TPSA) is 130 Å². The molecule has 0 saturated heterocycles. The van der Waals surface area contributed by atoms with Gasteiger partial charge in [0.15, 0.2) is 9.84 Å². The van der Waals surface area contributed by atoms with Crippen LogP contribution in [0.15, 0.2) is 23.1 Å². The van der Waals surface area contributed by atoms with Gasteiger partial charge in [-0.15, -0.1) is 0 Å². The smallest absolute Gasteiger partial charge is 0.293 e. The largest absolute Gasteiger partial charge is 0.394 e. The fraction of sp³-hybridized carbons (Fsp3) is 0.400. The summed E-state index contributed by atoms with van der Waals surface area (Å²) in [5.41, 5.74) is -0.402. The standard InChI is InChI=1S/C10H14N2O6S/c1-19(17,18)8-2-3-9(10(4-8)12(15)16)11-7(5-13)6-14/h2-4,7,11,13-14H,5-6H2,1H3. The molecule has 0 aliphatic heterocycles. The van der Waals surface area contributed by atoms with E-state index in [1.54, 1.807) is 0 Å². The second kappa shape index (κ2) is 5.95. The van der Waals surface area contributed by atoms with E-state index in [-0.39, 0.29) is 10.6 Å². The van der Waals surface area contributed by atoms with Gasteiger partial charge in [-0.3, -0.25) is 10.1 Å². The lowest BCUT2D eigenvalue weighted by molar-refractivity contribution is -0.384. The second-order valence-electron chi connectivity index (χ2n) is 3.91. The minimum absolute atomic E-state index is 0.0329. The Labute approximate surface area is 109 Å². The van der Waals surface area contributed by atoms with Crippen LogP contribution in [0.5, 0.6) is 0 Å². The van der Waals surface area contributed by atoms with Gasteiger partial charge in [0, 0.05) is 12.3 Å². The minimum atomic E-state index is -3.55. The molecule has 8 nitrogen and oxygen atoms in total. The maximum atomic E-state index is 11.3. The zero-order valence-electron chi connectivity index (χ0n) is 10.1. The number of nitrogens with one attached hydrogen (secondary N) is 1. The van der Waals surface area contributed by atoms with Gasteiger partial charge in [0.1, 0.15) is 5.69 Å². The highest BCUT2D eigenvalue weighted by molar-refractivity contribution is 7.90. The van der Waals surface area contributed by atoms with E-state index in [0.29, 0.717) is 0 Å². The van der Waals surface area contributed by atoms with Crippen LogP contribution < -0.4 is 5.32 Å². The van der Waals surface area contributed by atoms with Gasteiger partial charge >= 0.3 is 0 Å². The molecule has 0 bridgehead atoms. The number of aliphatic hydroxyl groups is 2. The van der Waals surface area contributed by atoms with Crippen LogP contribution in [-0.2, 0) is 9.84 Å². The van der Waals surface area contributed by atoms with Crippen LogP contribution in [0, 0.1) is 10.1 Å². The van der Waals surface area contributed by atoms with E-state index in [1.165, 1.54) is 12.1 Å². The third-order valence-corrected chi connectivity index (χ3v) is 3.50. The monoisotopic (exact) mass is 290 g/mol. The number of anilines is 1. The third-order valence-electron chi connectivity index (χ3n) is 2.39. The van der Waals surface area contributed by atoms with Crippen LogP contribution in [0.25, 0.3) is 0 Å². The lowest BCUT2D eigenvalue weighted by atomic mass is 10.2. The summed E-state index contributed by atoms with van der Waals surface area (Å²) in [5.74, 6) is 0. The number of hydrogen-bond acceptors (Lipinski definition) is 7. The maximum absolute atomic E-state index is 11.3. The van der Waals surface area contributed by atoms with E-state index in [2.05, 4.69) is 5.32 Å². The molecular weight excluding hydrogens is 276 g/mol. The SMILES string of the molecule is CS(=O)(=O)c1ccc(NC(CO)CO)c([N+](=O)[O-])c1. The van der Waals surface area contributed by atoms with E-state index in [0.717, 1.165) is 12.3 Å². The normalized spacial score (nSPS) is 11.6. The van der Waals surface area contributed by atoms with E-state index in [9.17, 15) is 18.5 Å². The van der Waals surface area contributed by atoms with Gasteiger partial charge in [-0.05, 0) is 12.1 Å². The first-order valence-corrected chi connectivity index (χ1v) is 7.15. The lowest BCUT2D eigenvalue weighted by Crippen LogP contribution is -2.28. The zero-order valence-corrected chi connectivity index (χ0v) is 10.9. The van der Waals surface area contributed by atoms with Crippen molar-refractivity contribution >= 4 is 21.2 Å². The molecule has 9 heteroatoms. The Hall–Kier alpha value is -1.71. The van der Waals surface area contributed by atoms with Crippen molar-refractivity contribution < 1.29 is 23.6 Å². The van der Waals surface area contributed by atoms with Crippen LogP contribution in [0.1, 0.15) is 0 Å². The molecule has 1 aromatic carbocycles. The molecule has 3 N–H and O–H groups in total. The summed E-state index contributed by atoms with van der Waals surface area (Å²) < 4.78 is 22.7. The fourth-order valence-electron chi connectivity index (χ4n) is 1.38. The van der Waals surface area contributed by atoms with E-state index in [1.807, 2.05) is 0 Å². The molecule has 0 spiro atoms. The summed E-state index contributed by atoms with van der Waals surface area (Å²) in [7, 11) is -3.55. The molecule has 1 rings (SSSR count). The fourth-order valence-corrected chi connectivity index (χ4v) is 2.03. The van der Waals surface area contributed by atoms with E-state index in [4.69, 9.17) is 10.2 Å². The average Bonchev–Trinajstić information content (AvgIpc) is 2.34. The molecule has 0 aliphatic rings. The summed E-state index contributed by atoms with van der Waals surface area (Å²) in [6.45, 7) is -0.830. The number of benzene rings is 1. The molecule has 19 heavy (non-hydrogen) atoms. The molecule has 0 unspecified atom stereocenters. The first-order chi connectivity index (χ1) is 8.79. The molecular formula is C10H14N2O6S. The van der Waals surface area contributed by atoms with Crippen molar-refractivity contribution in [3.8, 4) is 0 Å². The van der Waals surface area contributed by atoms with Gasteiger partial charge in [-0.1, -0.05) is 0 Å². The number of nitro groups is 1. The highest BCUT2D eigenvalue weighted by Gasteiger charge is 2.20. The number of hydrogen-bond donors (Lipinski definition) is 3. The predicted molar refractivity (Wildman–Crippen MR) is 67.8 cm³/mol. The van der Waals surface area contributed by atoms with E-state index < -0.39 is 39.7 Å². The highest BCUT2D eigenvalue weighted by Crippen LogP contribution is 2.28. The van der Waals surface area contributed by atoms with Crippen molar-refractivity contribution in [3.05, 3.63) is 28.3 Å². The van der Waals surface area contributed by atoms with Crippen molar-refractivity contribution in [2.24, 2.45) is 0 Å². The summed E-state index contributed by atoms with van der Waals surface area (Å²) >= 11 is 0. The predicted octanol–water partition coefficient (Wildman–Crippen LogP) is -0.237. The van der Waals surface area contributed by atoms with Crippen LogP contribution in [-0.4, -0.2) is 49.1 Å². The Morgan fingerprint density at radius 1 is 1.37 bits per heavy atom. The number of rotatable bonds is 6. The molecule has 0 saturated carbocycles. The van der Waals surface area contributed by atoms with Crippen LogP contribution >= 0.6 is 0 Å². The van der Waals surface area contributed by atoms with E-state index >= 15 is 0 Å². The summed E-state index contributed by atoms with van der Waals surface area (Å²) in [5, 5.41) is 31.3. The molecule has 0 aliphatic carbocycles. The Morgan fingerprint density at radius 2 is 1.95 bits per heavy atom. The first kappa shape index (κ1) is 15.3. The maximum Gasteiger partial charge on any atom is 0.293 e. The number of nitrogens with zero attached hydrogens (tertiary/aromatic N) is 1. The van der Waals surface area contributed by atoms with Crippen molar-refractivity contribution in [3.63, 3.8) is 0 Å². The summed E-state index contributed by atoms with van der Waals surface area (Å²) in [6.07, 6.45) is 0.948. The van der Waals surface area contributed by atoms with Gasteiger partial charge in [-0.2, -0.15) is 0 Å².